The van der Waals surface area contributed by atoms with Crippen LogP contribution in [0.2, 0.25) is 0 Å². The number of nitrogens with zero attached hydrogens (tertiary/aromatic N) is 6. The van der Waals surface area contributed by atoms with Crippen LogP contribution in [0.4, 0.5) is 5.95 Å². The van der Waals surface area contributed by atoms with Gasteiger partial charge < -0.3 is 4.90 Å². The number of fused-ring (bicyclic) bond motifs is 3. The van der Waals surface area contributed by atoms with E-state index in [1.165, 1.54) is 0 Å². The molecule has 2 aromatic carbocycles. The van der Waals surface area contributed by atoms with Gasteiger partial charge >= 0.3 is 0 Å². The molecule has 0 bridgehead atoms. The molecule has 3 heterocycles. The SMILES string of the molecule is CCCN(CCC)c1nc2c(c(C)nc3c2c(SC)nn3-c2ccccc2)c(=O)n1-c1ccccc1. The first-order valence-electron chi connectivity index (χ1n) is 12.3. The summed E-state index contributed by atoms with van der Waals surface area (Å²) in [6.45, 7) is 7.80. The van der Waals surface area contributed by atoms with Gasteiger partial charge in [-0.15, -0.1) is 11.8 Å². The number of pyridine rings is 1. The molecule has 0 N–H and O–H groups in total. The monoisotopic (exact) mass is 498 g/mol. The van der Waals surface area contributed by atoms with Gasteiger partial charge in [0.05, 0.1) is 33.4 Å². The van der Waals surface area contributed by atoms with Crippen molar-refractivity contribution in [1.29, 1.82) is 0 Å². The van der Waals surface area contributed by atoms with Crippen molar-refractivity contribution in [3.8, 4) is 11.4 Å². The Morgan fingerprint density at radius 2 is 1.47 bits per heavy atom. The van der Waals surface area contributed by atoms with E-state index < -0.39 is 0 Å². The van der Waals surface area contributed by atoms with E-state index in [0.717, 1.165) is 47.7 Å². The molecule has 0 spiro atoms. The summed E-state index contributed by atoms with van der Waals surface area (Å²) in [5.41, 5.74) is 3.63. The first kappa shape index (κ1) is 24.1. The summed E-state index contributed by atoms with van der Waals surface area (Å²) in [6.07, 6.45) is 3.90. The molecule has 7 nitrogen and oxygen atoms in total. The van der Waals surface area contributed by atoms with Crippen LogP contribution in [0.3, 0.4) is 0 Å². The predicted octanol–water partition coefficient (Wildman–Crippen LogP) is 5.78. The average molecular weight is 499 g/mol. The van der Waals surface area contributed by atoms with Crippen LogP contribution in [0.5, 0.6) is 0 Å². The summed E-state index contributed by atoms with van der Waals surface area (Å²) >= 11 is 1.54. The van der Waals surface area contributed by atoms with Gasteiger partial charge in [0.2, 0.25) is 5.95 Å². The molecule has 0 atom stereocenters. The van der Waals surface area contributed by atoms with E-state index >= 15 is 0 Å². The number of hydrogen-bond acceptors (Lipinski definition) is 6. The van der Waals surface area contributed by atoms with Crippen LogP contribution in [-0.2, 0) is 0 Å². The summed E-state index contributed by atoms with van der Waals surface area (Å²) < 4.78 is 3.60. The third-order valence-electron chi connectivity index (χ3n) is 6.25. The fourth-order valence-electron chi connectivity index (χ4n) is 4.70. The van der Waals surface area contributed by atoms with Crippen molar-refractivity contribution in [1.82, 2.24) is 24.3 Å². The van der Waals surface area contributed by atoms with Gasteiger partial charge in [-0.2, -0.15) is 5.10 Å². The normalized spacial score (nSPS) is 11.4. The van der Waals surface area contributed by atoms with Crippen molar-refractivity contribution in [2.24, 2.45) is 0 Å². The van der Waals surface area contributed by atoms with Gasteiger partial charge in [-0.3, -0.25) is 4.79 Å². The van der Waals surface area contributed by atoms with E-state index in [4.69, 9.17) is 15.1 Å². The molecule has 0 aliphatic rings. The van der Waals surface area contributed by atoms with Crippen LogP contribution in [-0.4, -0.2) is 43.7 Å². The molecule has 0 aliphatic carbocycles. The van der Waals surface area contributed by atoms with E-state index in [2.05, 4.69) is 18.7 Å². The molecule has 5 rings (SSSR count). The van der Waals surface area contributed by atoms with Gasteiger partial charge in [0.1, 0.15) is 5.03 Å². The highest BCUT2D eigenvalue weighted by molar-refractivity contribution is 7.98. The Labute approximate surface area is 214 Å². The van der Waals surface area contributed by atoms with Crippen LogP contribution in [0, 0.1) is 6.92 Å². The van der Waals surface area contributed by atoms with Gasteiger partial charge in [0.25, 0.3) is 5.56 Å². The van der Waals surface area contributed by atoms with E-state index in [1.54, 1.807) is 16.3 Å². The third-order valence-corrected chi connectivity index (χ3v) is 6.92. The predicted molar refractivity (Wildman–Crippen MR) is 149 cm³/mol. The second-order valence-electron chi connectivity index (χ2n) is 8.75. The first-order valence-corrected chi connectivity index (χ1v) is 13.6. The van der Waals surface area contributed by atoms with Crippen molar-refractivity contribution in [3.63, 3.8) is 0 Å². The lowest BCUT2D eigenvalue weighted by molar-refractivity contribution is 0.705. The topological polar surface area (TPSA) is 68.8 Å². The molecule has 0 fully saturated rings. The molecule has 184 valence electrons. The maximum Gasteiger partial charge on any atom is 0.269 e. The van der Waals surface area contributed by atoms with E-state index in [1.807, 2.05) is 78.5 Å². The smallest absolute Gasteiger partial charge is 0.269 e. The number of thioether (sulfide) groups is 1. The van der Waals surface area contributed by atoms with Crippen LogP contribution in [0.1, 0.15) is 32.4 Å². The number of aromatic nitrogens is 5. The van der Waals surface area contributed by atoms with Gasteiger partial charge in [-0.25, -0.2) is 19.2 Å². The number of para-hydroxylation sites is 2. The van der Waals surface area contributed by atoms with Crippen LogP contribution >= 0.6 is 11.8 Å². The van der Waals surface area contributed by atoms with Crippen molar-refractivity contribution < 1.29 is 0 Å². The lowest BCUT2D eigenvalue weighted by Gasteiger charge is -2.26. The van der Waals surface area contributed by atoms with Crippen molar-refractivity contribution in [2.45, 2.75) is 38.6 Å². The standard InChI is InChI=1S/C28H30N6OS/c1-5-17-32(18-6-2)28-30-24-22(27(35)33(28)20-13-9-7-10-14-20)19(3)29-25-23(24)26(36-4)31-34(25)21-15-11-8-12-16-21/h7-16H,5-6,17-18H2,1-4H3. The second kappa shape index (κ2) is 10.1. The summed E-state index contributed by atoms with van der Waals surface area (Å²) in [5.74, 6) is 0.661. The Morgan fingerprint density at radius 1 is 0.861 bits per heavy atom. The fraction of sp³-hybridized carbons (Fsp3) is 0.286. The zero-order valence-electron chi connectivity index (χ0n) is 21.1. The number of anilines is 1. The highest BCUT2D eigenvalue weighted by atomic mass is 32.2. The first-order chi connectivity index (χ1) is 17.6. The third kappa shape index (κ3) is 4.05. The maximum absolute atomic E-state index is 14.2. The second-order valence-corrected chi connectivity index (χ2v) is 9.55. The molecule has 0 radical (unpaired) electrons. The number of rotatable bonds is 8. The minimum atomic E-state index is -0.107. The average Bonchev–Trinajstić information content (AvgIpc) is 3.27. The zero-order chi connectivity index (χ0) is 25.2. The molecule has 5 aromatic rings. The number of aryl methyl sites for hydroxylation is 1. The molecule has 0 aliphatic heterocycles. The Balaban J connectivity index is 1.93. The molecule has 8 heteroatoms. The summed E-state index contributed by atoms with van der Waals surface area (Å²) in [5, 5.41) is 7.04. The minimum absolute atomic E-state index is 0.107. The maximum atomic E-state index is 14.2. The molecule has 36 heavy (non-hydrogen) atoms. The lowest BCUT2D eigenvalue weighted by Crippen LogP contribution is -2.34. The Morgan fingerprint density at radius 3 is 2.06 bits per heavy atom. The van der Waals surface area contributed by atoms with Crippen LogP contribution < -0.4 is 10.5 Å². The highest BCUT2D eigenvalue weighted by Gasteiger charge is 2.24. The highest BCUT2D eigenvalue weighted by Crippen LogP contribution is 2.33. The molecule has 0 saturated carbocycles. The Kier molecular flexibility index (Phi) is 6.78. The fourth-order valence-corrected chi connectivity index (χ4v) is 5.25. The quantitative estimate of drug-likeness (QED) is 0.253. The largest absolute Gasteiger partial charge is 0.342 e. The van der Waals surface area contributed by atoms with E-state index in [-0.39, 0.29) is 5.56 Å². The summed E-state index contributed by atoms with van der Waals surface area (Å²) in [6, 6.07) is 19.7. The zero-order valence-corrected chi connectivity index (χ0v) is 21.9. The van der Waals surface area contributed by atoms with Gasteiger partial charge in [-0.05, 0) is 50.3 Å². The number of benzene rings is 2. The van der Waals surface area contributed by atoms with Gasteiger partial charge in [-0.1, -0.05) is 50.2 Å². The molecule has 0 unspecified atom stereocenters. The van der Waals surface area contributed by atoms with Gasteiger partial charge in [0.15, 0.2) is 5.65 Å². The summed E-state index contributed by atoms with van der Waals surface area (Å²) in [7, 11) is 0. The van der Waals surface area contributed by atoms with Crippen molar-refractivity contribution in [2.75, 3.05) is 24.2 Å². The Bertz CT molecular complexity index is 1570. The molecule has 0 saturated heterocycles. The van der Waals surface area contributed by atoms with Crippen molar-refractivity contribution in [3.05, 3.63) is 76.7 Å². The van der Waals surface area contributed by atoms with E-state index in [9.17, 15) is 4.79 Å². The minimum Gasteiger partial charge on any atom is -0.342 e. The van der Waals surface area contributed by atoms with Crippen LogP contribution in [0.15, 0.2) is 70.5 Å². The number of hydrogen-bond donors (Lipinski definition) is 0. The molecule has 3 aromatic heterocycles. The van der Waals surface area contributed by atoms with Gasteiger partial charge in [0, 0.05) is 13.1 Å². The van der Waals surface area contributed by atoms with E-state index in [0.29, 0.717) is 28.2 Å². The lowest BCUT2D eigenvalue weighted by atomic mass is 10.2. The molecular weight excluding hydrogens is 468 g/mol. The Hall–Kier alpha value is -3.65. The molecule has 0 amide bonds. The summed E-state index contributed by atoms with van der Waals surface area (Å²) in [4.78, 5) is 26.6. The molecular formula is C28H30N6OS. The van der Waals surface area contributed by atoms with Crippen molar-refractivity contribution >= 4 is 39.6 Å². The van der Waals surface area contributed by atoms with Crippen LogP contribution in [0.25, 0.3) is 33.3 Å².